The molecule has 29 heteroatoms. The van der Waals surface area contributed by atoms with E-state index in [-0.39, 0.29) is 75.5 Å². The Balaban J connectivity index is 1.30. The van der Waals surface area contributed by atoms with E-state index in [1.807, 2.05) is 20.8 Å². The van der Waals surface area contributed by atoms with Gasteiger partial charge in [-0.05, 0) is 112 Å². The van der Waals surface area contributed by atoms with Crippen LogP contribution in [0.1, 0.15) is 181 Å². The molecule has 3 N–H and O–H groups in total. The number of fused-ring (bicyclic) bond motifs is 1. The summed E-state index contributed by atoms with van der Waals surface area (Å²) in [5.74, 6) is -9.00. The highest BCUT2D eigenvalue weighted by Gasteiger charge is 2.52. The van der Waals surface area contributed by atoms with Gasteiger partial charge in [-0.3, -0.25) is 57.5 Å². The number of rotatable bonds is 13. The summed E-state index contributed by atoms with van der Waals surface area (Å²) in [6, 6.07) is -5.80. The first kappa shape index (κ1) is 82.2. The highest BCUT2D eigenvalue weighted by molar-refractivity contribution is 6.31. The smallest absolute Gasteiger partial charge is 0.377 e. The van der Waals surface area contributed by atoms with Gasteiger partial charge < -0.3 is 64.8 Å². The number of hydrogen-bond acceptors (Lipinski definition) is 13. The summed E-state index contributed by atoms with van der Waals surface area (Å²) in [5, 5.41) is 8.16. The normalized spacial score (nSPS) is 27.1. The fraction of sp³-hybridized carbons (Fsp3) is 0.753. The number of carbonyl (C=O) groups is 12. The van der Waals surface area contributed by atoms with Gasteiger partial charge in [-0.25, -0.2) is 0 Å². The molecule has 3 saturated heterocycles. The van der Waals surface area contributed by atoms with Crippen molar-refractivity contribution in [3.8, 4) is 0 Å². The molecule has 6 aliphatic rings. The number of nitrogens with one attached hydrogen (secondary N) is 3. The number of hydrogen-bond donors (Lipinski definition) is 3. The van der Waals surface area contributed by atoms with Gasteiger partial charge in [-0.1, -0.05) is 110 Å². The molecule has 3 aliphatic carbocycles. The Morgan fingerprint density at radius 1 is 0.667 bits per heavy atom. The van der Waals surface area contributed by atoms with Crippen LogP contribution in [-0.2, 0) is 74.9 Å². The Labute approximate surface area is 604 Å². The fourth-order valence-electron chi connectivity index (χ4n) is 15.8. The van der Waals surface area contributed by atoms with E-state index in [0.29, 0.717) is 58.0 Å². The average Bonchev–Trinajstić information content (AvgIpc) is 1.50. The van der Waals surface area contributed by atoms with Crippen molar-refractivity contribution in [1.82, 2.24) is 60.0 Å². The van der Waals surface area contributed by atoms with Crippen molar-refractivity contribution in [2.24, 2.45) is 23.7 Å². The molecule has 1 aromatic carbocycles. The van der Waals surface area contributed by atoms with Crippen LogP contribution in [0.3, 0.4) is 0 Å². The molecule has 0 unspecified atom stereocenters. The molecule has 1 spiro atoms. The molecule has 9 atom stereocenters. The highest BCUT2D eigenvalue weighted by Crippen LogP contribution is 2.39. The van der Waals surface area contributed by atoms with Crippen LogP contribution in [0.2, 0.25) is 5.02 Å². The summed E-state index contributed by atoms with van der Waals surface area (Å²) in [7, 11) is 9.95. The molecule has 3 heterocycles. The maximum atomic E-state index is 15.8. The Kier molecular flexibility index (Phi) is 29.5. The summed E-state index contributed by atoms with van der Waals surface area (Å²) in [5.41, 5.74) is -2.42. The zero-order valence-corrected chi connectivity index (χ0v) is 62.8. The molecule has 3 aliphatic heterocycles. The van der Waals surface area contributed by atoms with Crippen LogP contribution < -0.4 is 16.0 Å². The third-order valence-electron chi connectivity index (χ3n) is 22.3. The van der Waals surface area contributed by atoms with Gasteiger partial charge in [0.05, 0.1) is 42.7 Å². The summed E-state index contributed by atoms with van der Waals surface area (Å²) < 4.78 is 47.9. The summed E-state index contributed by atoms with van der Waals surface area (Å²) in [4.78, 5) is 191. The molecule has 0 bridgehead atoms. The van der Waals surface area contributed by atoms with Crippen LogP contribution in [0.4, 0.5) is 13.2 Å². The Hall–Kier alpha value is -7.10. The number of likely N-dealkylation sites (tertiary alicyclic amines) is 1. The van der Waals surface area contributed by atoms with Gasteiger partial charge in [0, 0.05) is 82.0 Å². The summed E-state index contributed by atoms with van der Waals surface area (Å²) in [6.45, 7) is 8.10. The minimum Gasteiger partial charge on any atom is -0.377 e. The molecule has 6 fully saturated rings. The van der Waals surface area contributed by atoms with Gasteiger partial charge >= 0.3 is 6.18 Å². The Morgan fingerprint density at radius 2 is 1.27 bits per heavy atom. The fourth-order valence-corrected chi connectivity index (χ4v) is 16.1. The van der Waals surface area contributed by atoms with E-state index in [9.17, 15) is 46.7 Å². The second kappa shape index (κ2) is 36.6. The topological polar surface area (TPSA) is 279 Å². The zero-order valence-electron chi connectivity index (χ0n) is 62.0. The van der Waals surface area contributed by atoms with E-state index in [1.54, 1.807) is 18.7 Å². The van der Waals surface area contributed by atoms with Gasteiger partial charge in [-0.2, -0.15) is 13.2 Å². The van der Waals surface area contributed by atoms with Crippen molar-refractivity contribution in [3.05, 3.63) is 34.3 Å². The monoisotopic (exact) mass is 1460 g/mol. The molecule has 25 nitrogen and oxygen atoms in total. The quantitative estimate of drug-likeness (QED) is 0.215. The molecule has 102 heavy (non-hydrogen) atoms. The Bertz CT molecular complexity index is 3170. The van der Waals surface area contributed by atoms with Crippen LogP contribution >= 0.6 is 11.6 Å². The molecule has 7 rings (SSSR count). The minimum atomic E-state index is -4.77. The van der Waals surface area contributed by atoms with Crippen molar-refractivity contribution in [3.63, 3.8) is 0 Å². The number of carbonyl (C=O) groups excluding carboxylic acids is 12. The molecular formula is C73H112ClF3N12O13. The highest BCUT2D eigenvalue weighted by atomic mass is 35.5. The lowest BCUT2D eigenvalue weighted by Crippen LogP contribution is -2.65. The second-order valence-corrected chi connectivity index (χ2v) is 30.5. The van der Waals surface area contributed by atoms with Crippen molar-refractivity contribution in [1.29, 1.82) is 0 Å². The van der Waals surface area contributed by atoms with Crippen molar-refractivity contribution < 1.29 is 75.4 Å². The zero-order chi connectivity index (χ0) is 75.2. The first-order valence-electron chi connectivity index (χ1n) is 36.9. The van der Waals surface area contributed by atoms with Crippen LogP contribution in [0.25, 0.3) is 0 Å². The maximum absolute atomic E-state index is 15.8. The molecule has 1 aromatic rings. The van der Waals surface area contributed by atoms with Gasteiger partial charge in [-0.15, -0.1) is 0 Å². The van der Waals surface area contributed by atoms with E-state index < -0.39 is 179 Å². The third-order valence-corrected chi connectivity index (χ3v) is 22.6. The van der Waals surface area contributed by atoms with E-state index >= 15 is 24.0 Å². The molecule has 0 radical (unpaired) electrons. The van der Waals surface area contributed by atoms with E-state index in [4.69, 9.17) is 16.3 Å². The number of halogens is 4. The number of aryl methyl sites for hydroxylation is 1. The SMILES string of the molecule is CCO[C@@H]1C[C@H]2C(=O)NC3(CCCC3)C(=O)N(C)[C@@H](C3CCCC3)C(=O)N(C)[C@H](C(=O)N3CCCC3)CC(=O)N(C)[C@@H](CC(C)C)C(=O)N[C@@H]([C@@H](C)CC)C(=O)N(C)CC(=O)N(C)CC(=O)N(C)[C@@H](CC3CCCCC3)C(=O)N(C)CC(=O)N[C@@H](CCc3ccc(C(F)(F)F)c(Cl)c3)C(=O)N2C1. The van der Waals surface area contributed by atoms with Crippen molar-refractivity contribution in [2.45, 2.75) is 236 Å². The number of likely N-dealkylation sites (N-methyl/N-ethyl adjacent to an activating group) is 7. The average molecular weight is 1460 g/mol. The summed E-state index contributed by atoms with van der Waals surface area (Å²) in [6.07, 6.45) is 3.75. The van der Waals surface area contributed by atoms with Gasteiger partial charge in [0.2, 0.25) is 70.9 Å². The lowest BCUT2D eigenvalue weighted by Gasteiger charge is -2.42. The molecule has 0 aromatic heterocycles. The lowest BCUT2D eigenvalue weighted by molar-refractivity contribution is -0.156. The number of nitrogens with zero attached hydrogens (tertiary/aromatic N) is 9. The Morgan fingerprint density at radius 3 is 1.87 bits per heavy atom. The largest absolute Gasteiger partial charge is 0.417 e. The van der Waals surface area contributed by atoms with Crippen molar-refractivity contribution >= 4 is 82.5 Å². The van der Waals surface area contributed by atoms with Gasteiger partial charge in [0.1, 0.15) is 47.8 Å². The minimum absolute atomic E-state index is 0.00708. The molecular weight excluding hydrogens is 1350 g/mol. The number of amides is 12. The number of ether oxygens (including phenoxy) is 1. The second-order valence-electron chi connectivity index (χ2n) is 30.1. The van der Waals surface area contributed by atoms with E-state index in [1.165, 1.54) is 79.9 Å². The molecule has 3 saturated carbocycles. The first-order chi connectivity index (χ1) is 48.1. The number of alkyl halides is 3. The predicted molar refractivity (Wildman–Crippen MR) is 375 cm³/mol. The van der Waals surface area contributed by atoms with Crippen LogP contribution in [0, 0.1) is 23.7 Å². The standard InChI is InChI=1S/C73H112ClF3N12O13/c1-13-46(5)62-69(99)83(8)43-60(92)81(6)44-61(93)85(10)56(38-47-24-16-15-17-25-47)67(97)82(7)42-58(90)78-53(31-29-48-28-30-51(52(74)37-48)73(75,76)77)66(96)89-41-50(102-14-2)39-55(89)65(95)80-72(32-20-21-33-72)71(101)87(12)63(49-26-18-19-27-49)70(100)86(11)57(68(98)88-34-22-23-35-88)40-59(91)84(9)54(36-45(3)4)64(94)79-62/h28,30,37,45-47,49-50,53-57,62-63H,13-27,29,31-36,38-44H2,1-12H3,(H,78,90)(H,79,94)(H,80,95)/t46-,50+,53-,54-,55-,56-,57-,62-,63-/m0/s1. The van der Waals surface area contributed by atoms with Gasteiger partial charge in [0.15, 0.2) is 0 Å². The van der Waals surface area contributed by atoms with Crippen LogP contribution in [0.15, 0.2) is 18.2 Å². The van der Waals surface area contributed by atoms with E-state index in [2.05, 4.69) is 16.0 Å². The maximum Gasteiger partial charge on any atom is 0.417 e. The summed E-state index contributed by atoms with van der Waals surface area (Å²) >= 11 is 6.19. The number of benzene rings is 1. The van der Waals surface area contributed by atoms with Gasteiger partial charge in [0.25, 0.3) is 0 Å². The first-order valence-corrected chi connectivity index (χ1v) is 37.3. The lowest BCUT2D eigenvalue weighted by atomic mass is 9.84. The molecule has 570 valence electrons. The third kappa shape index (κ3) is 20.4. The van der Waals surface area contributed by atoms with E-state index in [0.717, 1.165) is 71.8 Å². The predicted octanol–water partition coefficient (Wildman–Crippen LogP) is 5.66. The van der Waals surface area contributed by atoms with Crippen LogP contribution in [0.5, 0.6) is 0 Å². The van der Waals surface area contributed by atoms with Crippen molar-refractivity contribution in [2.75, 3.05) is 95.2 Å². The van der Waals surface area contributed by atoms with Crippen LogP contribution in [-0.4, -0.2) is 264 Å². The molecule has 12 amide bonds.